The third-order valence-electron chi connectivity index (χ3n) is 10.3. The lowest BCUT2D eigenvalue weighted by Gasteiger charge is -2.59. The van der Waals surface area contributed by atoms with Crippen molar-refractivity contribution in [3.8, 4) is 0 Å². The van der Waals surface area contributed by atoms with E-state index in [1.807, 2.05) is 6.08 Å². The van der Waals surface area contributed by atoms with Gasteiger partial charge >= 0.3 is 12.1 Å². The van der Waals surface area contributed by atoms with Crippen LogP contribution in [0.25, 0.3) is 0 Å². The zero-order chi connectivity index (χ0) is 34.1. The first-order chi connectivity index (χ1) is 21.7. The lowest BCUT2D eigenvalue weighted by atomic mass is 9.46. The van der Waals surface area contributed by atoms with Crippen LogP contribution in [0.5, 0.6) is 0 Å². The summed E-state index contributed by atoms with van der Waals surface area (Å²) in [5.74, 6) is -0.520. The van der Waals surface area contributed by atoms with Crippen LogP contribution in [0, 0.1) is 54.7 Å². The maximum Gasteiger partial charge on any atom is 0.508 e. The summed E-state index contributed by atoms with van der Waals surface area (Å²) in [6.45, 7) is 3.74. The number of hydrogen-bond acceptors (Lipinski definition) is 13. The van der Waals surface area contributed by atoms with E-state index in [9.17, 15) is 44.5 Å². The van der Waals surface area contributed by atoms with Crippen molar-refractivity contribution in [3.63, 3.8) is 0 Å². The van der Waals surface area contributed by atoms with Crippen LogP contribution in [-0.2, 0) is 33.5 Å². The molecule has 0 saturated heterocycles. The van der Waals surface area contributed by atoms with Gasteiger partial charge in [-0.2, -0.15) is 0 Å². The van der Waals surface area contributed by atoms with Gasteiger partial charge in [-0.05, 0) is 92.4 Å². The molecular weight excluding hydrogens is 612 g/mol. The lowest BCUT2D eigenvalue weighted by Crippen LogP contribution is -2.57. The fourth-order valence-corrected chi connectivity index (χ4v) is 8.35. The van der Waals surface area contributed by atoms with Crippen LogP contribution in [0.15, 0.2) is 11.6 Å². The van der Waals surface area contributed by atoms with Gasteiger partial charge in [0.2, 0.25) is 0 Å². The number of aliphatic carboxylic acids is 1. The second-order valence-corrected chi connectivity index (χ2v) is 13.0. The van der Waals surface area contributed by atoms with Gasteiger partial charge < -0.3 is 29.4 Å². The molecule has 4 rings (SSSR count). The third-order valence-corrected chi connectivity index (χ3v) is 10.3. The minimum atomic E-state index is -0.980. The summed E-state index contributed by atoms with van der Waals surface area (Å²) in [4.78, 5) is 74.5. The molecule has 0 radical (unpaired) electrons. The van der Waals surface area contributed by atoms with Crippen molar-refractivity contribution in [3.05, 3.63) is 31.9 Å². The molecule has 4 aliphatic carbocycles. The number of rotatable bonds is 14. The first-order valence-corrected chi connectivity index (χ1v) is 15.7. The number of carboxylic acid groups (broad SMARTS) is 1. The molecule has 7 atom stereocenters. The number of Topliss-reactive ketones (excluding diaryl/α,β-unsaturated/α-hetero) is 1. The van der Waals surface area contributed by atoms with E-state index in [-0.39, 0.29) is 73.5 Å². The molecule has 3 fully saturated rings. The fraction of sp³-hybridized carbons (Fsp3) is 0.800. The predicted molar refractivity (Wildman–Crippen MR) is 156 cm³/mol. The van der Waals surface area contributed by atoms with Crippen molar-refractivity contribution < 1.29 is 58.7 Å². The number of ether oxygens (including phenoxy) is 2. The topological polar surface area (TPSA) is 232 Å². The molecular formula is C30H44N2O14. The fourth-order valence-electron chi connectivity index (χ4n) is 8.35. The van der Waals surface area contributed by atoms with E-state index >= 15 is 0 Å². The Kier molecular flexibility index (Phi) is 12.9. The minimum Gasteiger partial charge on any atom is -0.481 e. The monoisotopic (exact) mass is 656 g/mol. The number of aliphatic hydroxyl groups excluding tert-OH is 1. The SMILES string of the molecule is CC12CCC(=O)C=C1CCC1C2C(O)CC2(C)C(C(=O)COC(=O)OCCCCO[N+](=O)[O-])CCC12.O=C(O)CCCO[N+](=O)[O-]. The van der Waals surface area contributed by atoms with Gasteiger partial charge in [-0.1, -0.05) is 19.4 Å². The van der Waals surface area contributed by atoms with Crippen molar-refractivity contribution in [2.24, 2.45) is 34.5 Å². The highest BCUT2D eigenvalue weighted by molar-refractivity contribution is 5.91. The van der Waals surface area contributed by atoms with Crippen molar-refractivity contribution in [1.82, 2.24) is 0 Å². The van der Waals surface area contributed by atoms with Crippen molar-refractivity contribution in [2.45, 2.75) is 90.6 Å². The Hall–Kier alpha value is -3.82. The molecule has 0 aromatic rings. The van der Waals surface area contributed by atoms with Crippen LogP contribution in [0.3, 0.4) is 0 Å². The third kappa shape index (κ3) is 9.13. The van der Waals surface area contributed by atoms with E-state index < -0.39 is 28.4 Å². The average Bonchev–Trinajstić information content (AvgIpc) is 3.32. The maximum atomic E-state index is 13.1. The molecule has 46 heavy (non-hydrogen) atoms. The first kappa shape index (κ1) is 36.6. The molecule has 0 aliphatic heterocycles. The Morgan fingerprint density at radius 3 is 2.26 bits per heavy atom. The molecule has 2 N–H and O–H groups in total. The summed E-state index contributed by atoms with van der Waals surface area (Å²) >= 11 is 0. The van der Waals surface area contributed by atoms with E-state index in [1.54, 1.807) is 0 Å². The van der Waals surface area contributed by atoms with Crippen molar-refractivity contribution >= 4 is 23.7 Å². The van der Waals surface area contributed by atoms with Crippen LogP contribution in [0.4, 0.5) is 4.79 Å². The summed E-state index contributed by atoms with van der Waals surface area (Å²) in [7, 11) is 0. The summed E-state index contributed by atoms with van der Waals surface area (Å²) in [5, 5.41) is 37.2. The van der Waals surface area contributed by atoms with E-state index in [0.29, 0.717) is 43.9 Å². The maximum absolute atomic E-state index is 13.1. The van der Waals surface area contributed by atoms with Crippen LogP contribution in [-0.4, -0.2) is 76.6 Å². The molecule has 16 heteroatoms. The van der Waals surface area contributed by atoms with Crippen LogP contribution < -0.4 is 0 Å². The van der Waals surface area contributed by atoms with E-state index in [2.05, 4.69) is 23.5 Å². The van der Waals surface area contributed by atoms with Gasteiger partial charge in [0, 0.05) is 18.8 Å². The van der Waals surface area contributed by atoms with Gasteiger partial charge in [0.05, 0.1) is 25.9 Å². The number of fused-ring (bicyclic) bond motifs is 5. The number of ketones is 2. The van der Waals surface area contributed by atoms with Crippen LogP contribution in [0.2, 0.25) is 0 Å². The molecule has 258 valence electrons. The van der Waals surface area contributed by atoms with Gasteiger partial charge in [0.1, 0.15) is 0 Å². The number of aliphatic hydroxyl groups is 1. The van der Waals surface area contributed by atoms with Gasteiger partial charge in [-0.25, -0.2) is 4.79 Å². The minimum absolute atomic E-state index is 0.0212. The first-order valence-electron chi connectivity index (χ1n) is 15.7. The molecule has 0 aromatic heterocycles. The predicted octanol–water partition coefficient (Wildman–Crippen LogP) is 3.88. The van der Waals surface area contributed by atoms with Crippen molar-refractivity contribution in [1.29, 1.82) is 0 Å². The van der Waals surface area contributed by atoms with E-state index in [1.165, 1.54) is 5.57 Å². The molecule has 3 saturated carbocycles. The van der Waals surface area contributed by atoms with E-state index in [4.69, 9.17) is 14.6 Å². The Morgan fingerprint density at radius 2 is 1.61 bits per heavy atom. The highest BCUT2D eigenvalue weighted by atomic mass is 17.0. The smallest absolute Gasteiger partial charge is 0.481 e. The summed E-state index contributed by atoms with van der Waals surface area (Å²) in [6.07, 6.45) is 6.38. The van der Waals surface area contributed by atoms with Gasteiger partial charge in [-0.3, -0.25) is 14.4 Å². The number of hydrogen-bond donors (Lipinski definition) is 2. The summed E-state index contributed by atoms with van der Waals surface area (Å²) in [6, 6.07) is 0. The molecule has 0 amide bonds. The van der Waals surface area contributed by atoms with Gasteiger partial charge in [0.25, 0.3) is 10.2 Å². The second kappa shape index (κ2) is 16.1. The number of carbonyl (C=O) groups is 4. The second-order valence-electron chi connectivity index (χ2n) is 13.0. The molecule has 7 unspecified atom stereocenters. The number of carboxylic acids is 1. The Morgan fingerprint density at radius 1 is 0.957 bits per heavy atom. The molecule has 0 aromatic carbocycles. The zero-order valence-electron chi connectivity index (χ0n) is 26.3. The molecule has 16 nitrogen and oxygen atoms in total. The van der Waals surface area contributed by atoms with Gasteiger partial charge in [-0.15, -0.1) is 20.2 Å². The quantitative estimate of drug-likeness (QED) is 0.117. The van der Waals surface area contributed by atoms with Gasteiger partial charge in [0.15, 0.2) is 18.2 Å². The Balaban J connectivity index is 0.000000498. The number of unbranched alkanes of at least 4 members (excludes halogenated alkanes) is 1. The average molecular weight is 657 g/mol. The molecule has 0 spiro atoms. The number of nitrogens with zero attached hydrogens (tertiary/aromatic N) is 2. The number of allylic oxidation sites excluding steroid dienone is 1. The summed E-state index contributed by atoms with van der Waals surface area (Å²) in [5.41, 5.74) is 0.664. The Labute approximate surface area is 266 Å². The zero-order valence-corrected chi connectivity index (χ0v) is 26.3. The highest BCUT2D eigenvalue weighted by Crippen LogP contribution is 2.66. The Bertz CT molecular complexity index is 1170. The van der Waals surface area contributed by atoms with Crippen LogP contribution in [0.1, 0.15) is 84.5 Å². The highest BCUT2D eigenvalue weighted by Gasteiger charge is 2.62. The normalized spacial score (nSPS) is 31.0. The van der Waals surface area contributed by atoms with Crippen LogP contribution >= 0.6 is 0 Å². The molecule has 4 aliphatic rings. The summed E-state index contributed by atoms with van der Waals surface area (Å²) < 4.78 is 10.0. The standard InChI is InChI=1S/C26H37NO9.C4H7NO5/c1-25-10-9-17(28)13-16(25)5-6-18-19-7-8-20(26(19,2)14-21(29)23(18)25)22(30)15-35-24(31)34-11-3-4-12-36-27(32)33;6-4(7)2-1-3-10-5(8)9/h13,18-21,23,29H,3-12,14-15H2,1-2H3;1-3H2,(H,6,7). The molecule has 0 heterocycles. The van der Waals surface area contributed by atoms with Crippen molar-refractivity contribution in [2.75, 3.05) is 26.4 Å². The molecule has 0 bridgehead atoms. The largest absolute Gasteiger partial charge is 0.508 e. The lowest BCUT2D eigenvalue weighted by molar-refractivity contribution is -0.757. The number of carbonyl (C=O) groups excluding carboxylic acids is 3. The van der Waals surface area contributed by atoms with E-state index in [0.717, 1.165) is 25.7 Å².